The smallest absolute Gasteiger partial charge is 0.429 e. The molecule has 0 aliphatic carbocycles. The Morgan fingerprint density at radius 1 is 1.12 bits per heavy atom. The van der Waals surface area contributed by atoms with Crippen LogP contribution >= 0.6 is 11.6 Å². The summed E-state index contributed by atoms with van der Waals surface area (Å²) in [6.07, 6.45) is -5.78. The second-order valence-corrected chi connectivity index (χ2v) is 10.8. The monoisotopic (exact) mass is 597 g/mol. The molecule has 1 spiro atoms. The largest absolute Gasteiger partial charge is 0.480 e. The van der Waals surface area contributed by atoms with Crippen LogP contribution in [0.4, 0.5) is 33.7 Å². The predicted octanol–water partition coefficient (Wildman–Crippen LogP) is 5.37. The number of aromatic nitrogens is 2. The fourth-order valence-electron chi connectivity index (χ4n) is 5.48. The number of alkyl halides is 3. The minimum Gasteiger partial charge on any atom is -0.480 e. The number of nitrogens with two attached hydrogens (primary N) is 1. The number of carboxylic acid groups (broad SMARTS) is 1. The van der Waals surface area contributed by atoms with Crippen LogP contribution < -0.4 is 20.7 Å². The summed E-state index contributed by atoms with van der Waals surface area (Å²) in [5, 5.41) is 12.4. The van der Waals surface area contributed by atoms with Gasteiger partial charge in [-0.25, -0.2) is 8.78 Å². The molecule has 0 saturated carbocycles. The Balaban J connectivity index is 1.43. The molecular formula is C27H25ClF5N5O3. The SMILES string of the molecule is Nc1nc(O[C@H](c2ccc(Cl)cc2-c2cc(F)cc(F)c2)C(F)(F)F)cc(N2CCC3(CC2)CNC(C(=O)O)C3)n1. The number of nitrogens with zero attached hydrogens (tertiary/aromatic N) is 3. The van der Waals surface area contributed by atoms with E-state index < -0.39 is 47.4 Å². The summed E-state index contributed by atoms with van der Waals surface area (Å²) in [5.74, 6) is -3.35. The molecule has 1 aromatic heterocycles. The molecule has 2 aliphatic rings. The third-order valence-corrected chi connectivity index (χ3v) is 7.76. The van der Waals surface area contributed by atoms with E-state index >= 15 is 0 Å². The van der Waals surface area contributed by atoms with Crippen LogP contribution in [0.25, 0.3) is 11.1 Å². The zero-order chi connectivity index (χ0) is 29.5. The average molecular weight is 598 g/mol. The van der Waals surface area contributed by atoms with Crippen molar-refractivity contribution in [3.05, 3.63) is 64.7 Å². The Labute approximate surface area is 236 Å². The van der Waals surface area contributed by atoms with Crippen LogP contribution in [0.1, 0.15) is 30.9 Å². The molecule has 14 heteroatoms. The molecule has 41 heavy (non-hydrogen) atoms. The Hall–Kier alpha value is -3.71. The summed E-state index contributed by atoms with van der Waals surface area (Å²) in [6, 6.07) is 6.50. The molecule has 3 heterocycles. The number of nitrogen functional groups attached to an aromatic ring is 1. The van der Waals surface area contributed by atoms with E-state index in [-0.39, 0.29) is 33.3 Å². The lowest BCUT2D eigenvalue weighted by molar-refractivity contribution is -0.198. The van der Waals surface area contributed by atoms with Gasteiger partial charge < -0.3 is 25.8 Å². The number of aliphatic carboxylic acids is 1. The van der Waals surface area contributed by atoms with Crippen molar-refractivity contribution in [1.82, 2.24) is 15.3 Å². The Bertz CT molecular complexity index is 1450. The molecule has 0 radical (unpaired) electrons. The van der Waals surface area contributed by atoms with Crippen molar-refractivity contribution in [2.24, 2.45) is 5.41 Å². The van der Waals surface area contributed by atoms with Crippen LogP contribution in [0.3, 0.4) is 0 Å². The van der Waals surface area contributed by atoms with E-state index in [0.717, 1.165) is 18.2 Å². The van der Waals surface area contributed by atoms with Crippen LogP contribution in [0.2, 0.25) is 5.02 Å². The summed E-state index contributed by atoms with van der Waals surface area (Å²) in [4.78, 5) is 21.2. The van der Waals surface area contributed by atoms with Crippen LogP contribution in [0.5, 0.6) is 5.88 Å². The molecule has 5 rings (SSSR count). The average Bonchev–Trinajstić information content (AvgIpc) is 3.30. The first kappa shape index (κ1) is 28.8. The van der Waals surface area contributed by atoms with Gasteiger partial charge in [0, 0.05) is 42.4 Å². The van der Waals surface area contributed by atoms with Crippen molar-refractivity contribution >= 4 is 29.3 Å². The molecule has 4 N–H and O–H groups in total. The summed E-state index contributed by atoms with van der Waals surface area (Å²) < 4.78 is 76.6. The van der Waals surface area contributed by atoms with Gasteiger partial charge in [0.1, 0.15) is 23.5 Å². The number of carbonyl (C=O) groups is 1. The predicted molar refractivity (Wildman–Crippen MR) is 141 cm³/mol. The molecule has 218 valence electrons. The van der Waals surface area contributed by atoms with E-state index in [0.29, 0.717) is 45.0 Å². The Morgan fingerprint density at radius 2 is 1.80 bits per heavy atom. The molecule has 0 amide bonds. The topological polar surface area (TPSA) is 114 Å². The number of hydrogen-bond acceptors (Lipinski definition) is 7. The van der Waals surface area contributed by atoms with Gasteiger partial charge in [-0.15, -0.1) is 0 Å². The Morgan fingerprint density at radius 3 is 2.41 bits per heavy atom. The van der Waals surface area contributed by atoms with Gasteiger partial charge in [0.2, 0.25) is 17.9 Å². The summed E-state index contributed by atoms with van der Waals surface area (Å²) in [5.41, 5.74) is 4.88. The highest BCUT2D eigenvalue weighted by atomic mass is 35.5. The zero-order valence-corrected chi connectivity index (χ0v) is 22.1. The first-order valence-electron chi connectivity index (χ1n) is 12.7. The molecule has 8 nitrogen and oxygen atoms in total. The van der Waals surface area contributed by atoms with Gasteiger partial charge >= 0.3 is 12.1 Å². The first-order valence-corrected chi connectivity index (χ1v) is 13.0. The maximum absolute atomic E-state index is 14.4. The number of carboxylic acids is 1. The fraction of sp³-hybridized carbons (Fsp3) is 0.370. The van der Waals surface area contributed by atoms with Gasteiger partial charge in [0.05, 0.1) is 0 Å². The number of hydrogen-bond donors (Lipinski definition) is 3. The molecule has 3 aromatic rings. The van der Waals surface area contributed by atoms with Crippen molar-refractivity contribution < 1.29 is 36.6 Å². The van der Waals surface area contributed by atoms with Crippen LogP contribution in [-0.2, 0) is 4.79 Å². The van der Waals surface area contributed by atoms with E-state index in [2.05, 4.69) is 15.3 Å². The minimum atomic E-state index is -4.97. The Kier molecular flexibility index (Phi) is 7.68. The van der Waals surface area contributed by atoms with Gasteiger partial charge in [0.15, 0.2) is 0 Å². The lowest BCUT2D eigenvalue weighted by atomic mass is 9.76. The molecule has 2 atom stereocenters. The highest BCUT2D eigenvalue weighted by Crippen LogP contribution is 2.43. The summed E-state index contributed by atoms with van der Waals surface area (Å²) in [7, 11) is 0. The second-order valence-electron chi connectivity index (χ2n) is 10.3. The van der Waals surface area contributed by atoms with Crippen LogP contribution in [-0.4, -0.2) is 52.9 Å². The van der Waals surface area contributed by atoms with Crippen molar-refractivity contribution in [2.45, 2.75) is 37.6 Å². The second kappa shape index (κ2) is 10.9. The van der Waals surface area contributed by atoms with E-state index in [1.54, 1.807) is 0 Å². The van der Waals surface area contributed by atoms with Crippen molar-refractivity contribution in [3.8, 4) is 17.0 Å². The molecule has 2 aromatic carbocycles. The lowest BCUT2D eigenvalue weighted by Crippen LogP contribution is -2.41. The number of ether oxygens (including phenoxy) is 1. The number of benzene rings is 2. The standard InChI is InChI=1S/C27H25ClF5N5O3/c28-15-1-2-18(19(9-15)14-7-16(29)10-17(30)8-14)23(27(31,32)33)41-22-11-21(36-25(34)37-22)38-5-3-26(4-6-38)12-20(24(39)40)35-13-26/h1-2,7-11,20,23,35H,3-6,12-13H2,(H,39,40)(H2,34,36,37)/t20?,23-/m1/s1. The van der Waals surface area contributed by atoms with E-state index in [4.69, 9.17) is 22.1 Å². The minimum absolute atomic E-state index is 0.0536. The van der Waals surface area contributed by atoms with E-state index in [1.165, 1.54) is 18.2 Å². The zero-order valence-electron chi connectivity index (χ0n) is 21.4. The quantitative estimate of drug-likeness (QED) is 0.325. The van der Waals surface area contributed by atoms with Crippen molar-refractivity contribution in [1.29, 1.82) is 0 Å². The van der Waals surface area contributed by atoms with Gasteiger partial charge in [-0.3, -0.25) is 4.79 Å². The molecule has 2 fully saturated rings. The molecule has 1 unspecified atom stereocenters. The van der Waals surface area contributed by atoms with Crippen molar-refractivity contribution in [3.63, 3.8) is 0 Å². The highest BCUT2D eigenvalue weighted by molar-refractivity contribution is 6.30. The van der Waals surface area contributed by atoms with Crippen LogP contribution in [0.15, 0.2) is 42.5 Å². The van der Waals surface area contributed by atoms with E-state index in [1.807, 2.05) is 4.90 Å². The van der Waals surface area contributed by atoms with Crippen LogP contribution in [0, 0.1) is 17.0 Å². The maximum atomic E-state index is 14.4. The third kappa shape index (κ3) is 6.30. The van der Waals surface area contributed by atoms with Gasteiger partial charge in [-0.05, 0) is 60.1 Å². The van der Waals surface area contributed by atoms with Crippen molar-refractivity contribution in [2.75, 3.05) is 30.3 Å². The van der Waals surface area contributed by atoms with E-state index in [9.17, 15) is 31.9 Å². The van der Waals surface area contributed by atoms with Gasteiger partial charge in [-0.1, -0.05) is 17.7 Å². The van der Waals surface area contributed by atoms with Gasteiger partial charge in [-0.2, -0.15) is 23.1 Å². The molecule has 2 aliphatic heterocycles. The number of nitrogens with one attached hydrogen (secondary N) is 1. The highest BCUT2D eigenvalue weighted by Gasteiger charge is 2.46. The van der Waals surface area contributed by atoms with Gasteiger partial charge in [0.25, 0.3) is 0 Å². The normalized spacial score (nSPS) is 19.4. The number of halogens is 6. The first-order chi connectivity index (χ1) is 19.3. The molecule has 0 bridgehead atoms. The fourth-order valence-corrected chi connectivity index (χ4v) is 5.65. The number of anilines is 2. The lowest BCUT2D eigenvalue weighted by Gasteiger charge is -2.39. The molecular weight excluding hydrogens is 573 g/mol. The third-order valence-electron chi connectivity index (χ3n) is 7.52. The summed E-state index contributed by atoms with van der Waals surface area (Å²) >= 11 is 6.04. The number of piperidine rings is 1. The summed E-state index contributed by atoms with van der Waals surface area (Å²) in [6.45, 7) is 1.50. The molecule has 2 saturated heterocycles. The maximum Gasteiger partial charge on any atom is 0.429 e. The number of rotatable bonds is 6.